The van der Waals surface area contributed by atoms with Crippen LogP contribution in [0.3, 0.4) is 0 Å². The van der Waals surface area contributed by atoms with E-state index in [1.54, 1.807) is 18.2 Å². The molecule has 1 aliphatic heterocycles. The fourth-order valence-electron chi connectivity index (χ4n) is 1.61. The lowest BCUT2D eigenvalue weighted by Gasteiger charge is -2.29. The minimum absolute atomic E-state index is 0.0452. The summed E-state index contributed by atoms with van der Waals surface area (Å²) in [5.74, 6) is -0.857. The van der Waals surface area contributed by atoms with Crippen molar-refractivity contribution < 1.29 is 19.4 Å². The molecule has 2 rings (SSSR count). The van der Waals surface area contributed by atoms with Crippen molar-refractivity contribution in [1.29, 1.82) is 0 Å². The fourth-order valence-corrected chi connectivity index (χ4v) is 1.96. The molecule has 1 heterocycles. The zero-order valence-corrected chi connectivity index (χ0v) is 10.9. The number of fused-ring (bicyclic) bond motifs is 1. The highest BCUT2D eigenvalue weighted by atomic mass is 79.9. The molecular weight excluding hydrogens is 302 g/mol. The number of hydrogen-bond acceptors (Lipinski definition) is 3. The molecule has 1 aromatic rings. The summed E-state index contributed by atoms with van der Waals surface area (Å²) in [5, 5.41) is 8.82. The van der Waals surface area contributed by atoms with Crippen LogP contribution in [0.25, 0.3) is 0 Å². The topological polar surface area (TPSA) is 66.8 Å². The second-order valence-electron chi connectivity index (χ2n) is 3.79. The molecule has 1 aliphatic rings. The summed E-state index contributed by atoms with van der Waals surface area (Å²) >= 11 is 3.30. The summed E-state index contributed by atoms with van der Waals surface area (Å²) in [5.41, 5.74) is 0.499. The number of amides is 1. The number of ether oxygens (including phenoxy) is 1. The molecule has 0 spiro atoms. The van der Waals surface area contributed by atoms with Crippen LogP contribution >= 0.6 is 15.9 Å². The first-order chi connectivity index (χ1) is 8.49. The smallest absolute Gasteiger partial charge is 0.332 e. The first kappa shape index (κ1) is 12.6. The highest BCUT2D eigenvalue weighted by Gasteiger charge is 2.27. The van der Waals surface area contributed by atoms with E-state index in [0.717, 1.165) is 4.47 Å². The van der Waals surface area contributed by atoms with E-state index in [9.17, 15) is 9.59 Å². The predicted molar refractivity (Wildman–Crippen MR) is 68.8 cm³/mol. The molecule has 0 saturated carbocycles. The van der Waals surface area contributed by atoms with Crippen LogP contribution in [0, 0.1) is 0 Å². The Hall–Kier alpha value is -1.82. The second kappa shape index (κ2) is 4.81. The number of aliphatic carboxylic acids is 1. The molecule has 1 aromatic carbocycles. The highest BCUT2D eigenvalue weighted by molar-refractivity contribution is 9.10. The highest BCUT2D eigenvalue weighted by Crippen LogP contribution is 2.34. The number of carboxylic acids is 1. The lowest BCUT2D eigenvalue weighted by molar-refractivity contribution is -0.132. The molecule has 0 fully saturated rings. The summed E-state index contributed by atoms with van der Waals surface area (Å²) in [6.07, 6.45) is 0. The van der Waals surface area contributed by atoms with Gasteiger partial charge in [-0.25, -0.2) is 4.79 Å². The van der Waals surface area contributed by atoms with Gasteiger partial charge in [0.15, 0.2) is 6.61 Å². The normalized spacial score (nSPS) is 13.8. The maximum Gasteiger partial charge on any atom is 0.332 e. The third kappa shape index (κ3) is 2.38. The van der Waals surface area contributed by atoms with Crippen LogP contribution in [0.1, 0.15) is 0 Å². The van der Waals surface area contributed by atoms with Crippen molar-refractivity contribution in [2.75, 3.05) is 18.1 Å². The zero-order chi connectivity index (χ0) is 13.3. The number of nitrogens with zero attached hydrogens (tertiary/aromatic N) is 1. The van der Waals surface area contributed by atoms with Crippen LogP contribution in [-0.4, -0.2) is 30.1 Å². The number of halogens is 1. The summed E-state index contributed by atoms with van der Waals surface area (Å²) in [7, 11) is 0. The predicted octanol–water partition coefficient (Wildman–Crippen LogP) is 1.82. The molecule has 0 atom stereocenters. The molecule has 5 nitrogen and oxygen atoms in total. The van der Waals surface area contributed by atoms with Crippen molar-refractivity contribution >= 4 is 33.5 Å². The Morgan fingerprint density at radius 2 is 2.28 bits per heavy atom. The molecule has 6 heteroatoms. The molecular formula is C12H10BrNO4. The Morgan fingerprint density at radius 1 is 1.56 bits per heavy atom. The molecule has 0 aliphatic carbocycles. The van der Waals surface area contributed by atoms with Gasteiger partial charge in [0, 0.05) is 10.0 Å². The Balaban J connectivity index is 2.35. The van der Waals surface area contributed by atoms with Crippen LogP contribution in [0.4, 0.5) is 5.69 Å². The lowest BCUT2D eigenvalue weighted by Crippen LogP contribution is -2.40. The molecule has 0 bridgehead atoms. The average molecular weight is 312 g/mol. The lowest BCUT2D eigenvalue weighted by atomic mass is 10.2. The Bertz CT molecular complexity index is 541. The van der Waals surface area contributed by atoms with Crippen LogP contribution in [0.5, 0.6) is 5.75 Å². The van der Waals surface area contributed by atoms with Gasteiger partial charge in [-0.2, -0.15) is 0 Å². The summed E-state index contributed by atoms with van der Waals surface area (Å²) in [6, 6.07) is 5.22. The van der Waals surface area contributed by atoms with Gasteiger partial charge in [0.2, 0.25) is 0 Å². The van der Waals surface area contributed by atoms with Crippen molar-refractivity contribution in [2.24, 2.45) is 0 Å². The van der Waals surface area contributed by atoms with Crippen LogP contribution in [-0.2, 0) is 9.59 Å². The van der Waals surface area contributed by atoms with E-state index in [2.05, 4.69) is 22.5 Å². The molecule has 94 valence electrons. The van der Waals surface area contributed by atoms with E-state index in [0.29, 0.717) is 11.4 Å². The summed E-state index contributed by atoms with van der Waals surface area (Å²) in [4.78, 5) is 23.9. The van der Waals surface area contributed by atoms with E-state index >= 15 is 0 Å². The first-order valence-corrected chi connectivity index (χ1v) is 5.92. The van der Waals surface area contributed by atoms with E-state index < -0.39 is 5.97 Å². The maximum absolute atomic E-state index is 11.8. The van der Waals surface area contributed by atoms with Gasteiger partial charge in [-0.1, -0.05) is 22.5 Å². The summed E-state index contributed by atoms with van der Waals surface area (Å²) < 4.78 is 6.06. The average Bonchev–Trinajstić information content (AvgIpc) is 2.32. The van der Waals surface area contributed by atoms with E-state index in [1.165, 1.54) is 4.90 Å². The van der Waals surface area contributed by atoms with Crippen molar-refractivity contribution in [3.05, 3.63) is 34.8 Å². The monoisotopic (exact) mass is 311 g/mol. The minimum Gasteiger partial charge on any atom is -0.482 e. The Kier molecular flexibility index (Phi) is 3.38. The molecule has 1 amide bonds. The SMILES string of the molecule is C=C(CN1C(=O)COc2ccc(Br)cc21)C(=O)O. The summed E-state index contributed by atoms with van der Waals surface area (Å²) in [6.45, 7) is 3.28. The molecule has 1 N–H and O–H groups in total. The second-order valence-corrected chi connectivity index (χ2v) is 4.70. The third-order valence-corrected chi connectivity index (χ3v) is 3.01. The minimum atomic E-state index is -1.12. The number of rotatable bonds is 3. The number of hydrogen-bond donors (Lipinski definition) is 1. The molecule has 0 saturated heterocycles. The molecule has 0 radical (unpaired) electrons. The van der Waals surface area contributed by atoms with Gasteiger partial charge in [0.05, 0.1) is 12.2 Å². The van der Waals surface area contributed by atoms with E-state index in [1.807, 2.05) is 0 Å². The van der Waals surface area contributed by atoms with Gasteiger partial charge < -0.3 is 14.7 Å². The molecule has 18 heavy (non-hydrogen) atoms. The molecule has 0 aromatic heterocycles. The van der Waals surface area contributed by atoms with Gasteiger partial charge in [0.1, 0.15) is 5.75 Å². The third-order valence-electron chi connectivity index (χ3n) is 2.52. The number of carbonyl (C=O) groups excluding carboxylic acids is 1. The number of carboxylic acid groups (broad SMARTS) is 1. The quantitative estimate of drug-likeness (QED) is 0.865. The molecule has 0 unspecified atom stereocenters. The zero-order valence-electron chi connectivity index (χ0n) is 9.35. The number of carbonyl (C=O) groups is 2. The first-order valence-electron chi connectivity index (χ1n) is 5.13. The van der Waals surface area contributed by atoms with Gasteiger partial charge in [-0.05, 0) is 18.2 Å². The van der Waals surface area contributed by atoms with Crippen molar-refractivity contribution in [2.45, 2.75) is 0 Å². The largest absolute Gasteiger partial charge is 0.482 e. The van der Waals surface area contributed by atoms with Gasteiger partial charge in [-0.3, -0.25) is 4.79 Å². The fraction of sp³-hybridized carbons (Fsp3) is 0.167. The maximum atomic E-state index is 11.8. The van der Waals surface area contributed by atoms with Crippen LogP contribution < -0.4 is 9.64 Å². The van der Waals surface area contributed by atoms with E-state index in [-0.39, 0.29) is 24.6 Å². The van der Waals surface area contributed by atoms with Crippen molar-refractivity contribution in [3.8, 4) is 5.75 Å². The van der Waals surface area contributed by atoms with Crippen molar-refractivity contribution in [3.63, 3.8) is 0 Å². The Morgan fingerprint density at radius 3 is 2.94 bits per heavy atom. The van der Waals surface area contributed by atoms with Crippen molar-refractivity contribution in [1.82, 2.24) is 0 Å². The van der Waals surface area contributed by atoms with Crippen LogP contribution in [0.2, 0.25) is 0 Å². The number of benzene rings is 1. The Labute approximate surface area is 112 Å². The van der Waals surface area contributed by atoms with Crippen LogP contribution in [0.15, 0.2) is 34.8 Å². The standard InChI is InChI=1S/C12H10BrNO4/c1-7(12(16)17)5-14-9-4-8(13)2-3-10(9)18-6-11(14)15/h2-4H,1,5-6H2,(H,16,17). The van der Waals surface area contributed by atoms with Gasteiger partial charge in [-0.15, -0.1) is 0 Å². The number of anilines is 1. The van der Waals surface area contributed by atoms with Gasteiger partial charge in [0.25, 0.3) is 5.91 Å². The van der Waals surface area contributed by atoms with E-state index in [4.69, 9.17) is 9.84 Å². The van der Waals surface area contributed by atoms with Gasteiger partial charge >= 0.3 is 5.97 Å².